The normalized spacial score (nSPS) is 12.5. The van der Waals surface area contributed by atoms with Crippen molar-refractivity contribution in [2.24, 2.45) is 0 Å². The summed E-state index contributed by atoms with van der Waals surface area (Å²) in [6, 6.07) is 8.81. The van der Waals surface area contributed by atoms with E-state index >= 15 is 0 Å². The van der Waals surface area contributed by atoms with Crippen LogP contribution in [0, 0.1) is 0 Å². The molecule has 1 aromatic carbocycles. The van der Waals surface area contributed by atoms with Crippen molar-refractivity contribution in [3.05, 3.63) is 34.7 Å². The summed E-state index contributed by atoms with van der Waals surface area (Å²) in [7, 11) is 2.21. The van der Waals surface area contributed by atoms with Crippen LogP contribution in [-0.2, 0) is 17.8 Å². The van der Waals surface area contributed by atoms with Crippen molar-refractivity contribution in [2.45, 2.75) is 65.5 Å². The summed E-state index contributed by atoms with van der Waals surface area (Å²) in [5, 5.41) is 2.24. The van der Waals surface area contributed by atoms with E-state index in [0.29, 0.717) is 12.4 Å². The first kappa shape index (κ1) is 22.0. The molecule has 0 bridgehead atoms. The van der Waals surface area contributed by atoms with Gasteiger partial charge in [0.15, 0.2) is 0 Å². The quantitative estimate of drug-likeness (QED) is 0.436. The van der Waals surface area contributed by atoms with Crippen molar-refractivity contribution < 1.29 is 4.74 Å². The number of hydrogen-bond acceptors (Lipinski definition) is 5. The number of nitrogens with two attached hydrogens (primary N) is 1. The molecule has 0 saturated carbocycles. The van der Waals surface area contributed by atoms with Gasteiger partial charge in [0.2, 0.25) is 0 Å². The van der Waals surface area contributed by atoms with Gasteiger partial charge in [-0.3, -0.25) is 0 Å². The van der Waals surface area contributed by atoms with Gasteiger partial charge in [0.25, 0.3) is 0 Å². The summed E-state index contributed by atoms with van der Waals surface area (Å²) >= 11 is 1.77. The predicted molar refractivity (Wildman–Crippen MR) is 127 cm³/mol. The number of anilines is 1. The molecule has 2 aromatic heterocycles. The van der Waals surface area contributed by atoms with Gasteiger partial charge in [-0.15, -0.1) is 11.3 Å². The Labute approximate surface area is 179 Å². The average molecular weight is 414 g/mol. The zero-order valence-electron chi connectivity index (χ0n) is 18.5. The topological polar surface area (TPSA) is 51.4 Å². The second-order valence-corrected chi connectivity index (χ2v) is 9.98. The first-order chi connectivity index (χ1) is 13.8. The van der Waals surface area contributed by atoms with E-state index in [1.165, 1.54) is 39.8 Å². The molecule has 0 fully saturated rings. The molecule has 158 valence electrons. The van der Waals surface area contributed by atoms with Gasteiger partial charge < -0.3 is 15.4 Å². The molecular formula is C24H35N3OS. The summed E-state index contributed by atoms with van der Waals surface area (Å²) in [6.07, 6.45) is 4.79. The molecule has 2 N–H and O–H groups in total. The Morgan fingerprint density at radius 3 is 2.62 bits per heavy atom. The highest BCUT2D eigenvalue weighted by Gasteiger charge is 2.16. The van der Waals surface area contributed by atoms with Crippen molar-refractivity contribution >= 4 is 38.1 Å². The molecule has 0 atom stereocenters. The fraction of sp³-hybridized carbons (Fsp3) is 0.542. The fourth-order valence-corrected chi connectivity index (χ4v) is 4.64. The standard InChI is InChI=1S/C24H35N3OS/c1-6-28-16-18-15-20-22(29-18)19-12-11-17(14-21(19)26-23(20)25)10-8-7-9-13-27(5)24(2,3)4/h11-12,14-15H,6-10,13,16H2,1-5H3,(H2,25,26). The number of aromatic nitrogens is 1. The molecule has 0 aliphatic carbocycles. The Hall–Kier alpha value is -1.69. The van der Waals surface area contributed by atoms with Gasteiger partial charge in [0.05, 0.1) is 12.1 Å². The monoisotopic (exact) mass is 413 g/mol. The molecule has 3 aromatic rings. The summed E-state index contributed by atoms with van der Waals surface area (Å²) < 4.78 is 6.78. The van der Waals surface area contributed by atoms with Crippen LogP contribution >= 0.6 is 11.3 Å². The third-order valence-electron chi connectivity index (χ3n) is 5.66. The fourth-order valence-electron chi connectivity index (χ4n) is 3.50. The van der Waals surface area contributed by atoms with Crippen molar-refractivity contribution in [2.75, 3.05) is 25.9 Å². The van der Waals surface area contributed by atoms with Gasteiger partial charge in [-0.05, 0) is 78.2 Å². The van der Waals surface area contributed by atoms with Crippen LogP contribution in [0.4, 0.5) is 5.82 Å². The van der Waals surface area contributed by atoms with Crippen LogP contribution in [-0.4, -0.2) is 35.6 Å². The number of ether oxygens (including phenoxy) is 1. The second kappa shape index (κ2) is 9.41. The molecule has 2 heterocycles. The maximum Gasteiger partial charge on any atom is 0.132 e. The molecule has 0 radical (unpaired) electrons. The zero-order valence-corrected chi connectivity index (χ0v) is 19.4. The summed E-state index contributed by atoms with van der Waals surface area (Å²) in [6.45, 7) is 11.3. The average Bonchev–Trinajstić information content (AvgIpc) is 3.10. The van der Waals surface area contributed by atoms with Crippen molar-refractivity contribution in [1.29, 1.82) is 0 Å². The van der Waals surface area contributed by atoms with E-state index in [1.807, 2.05) is 6.92 Å². The molecule has 29 heavy (non-hydrogen) atoms. The largest absolute Gasteiger partial charge is 0.383 e. The van der Waals surface area contributed by atoms with Gasteiger partial charge in [0, 0.05) is 32.5 Å². The smallest absolute Gasteiger partial charge is 0.132 e. The summed E-state index contributed by atoms with van der Waals surface area (Å²) in [5.41, 5.74) is 8.87. The highest BCUT2D eigenvalue weighted by atomic mass is 32.1. The molecule has 0 amide bonds. The van der Waals surface area contributed by atoms with Crippen LogP contribution in [0.1, 0.15) is 57.4 Å². The van der Waals surface area contributed by atoms with E-state index in [4.69, 9.17) is 10.5 Å². The minimum atomic E-state index is 0.250. The van der Waals surface area contributed by atoms with Crippen molar-refractivity contribution in [3.8, 4) is 0 Å². The molecule has 0 aliphatic rings. The van der Waals surface area contributed by atoms with E-state index in [1.54, 1.807) is 11.3 Å². The number of unbranched alkanes of at least 4 members (excludes halogenated alkanes) is 2. The minimum absolute atomic E-state index is 0.250. The van der Waals surface area contributed by atoms with E-state index in [0.717, 1.165) is 30.5 Å². The van der Waals surface area contributed by atoms with Crippen LogP contribution in [0.5, 0.6) is 0 Å². The van der Waals surface area contributed by atoms with Gasteiger partial charge >= 0.3 is 0 Å². The third-order valence-corrected chi connectivity index (χ3v) is 6.80. The van der Waals surface area contributed by atoms with Gasteiger partial charge in [-0.2, -0.15) is 0 Å². The number of benzene rings is 1. The summed E-state index contributed by atoms with van der Waals surface area (Å²) in [4.78, 5) is 8.32. The number of hydrogen-bond donors (Lipinski definition) is 1. The maximum absolute atomic E-state index is 6.27. The molecule has 5 heteroatoms. The van der Waals surface area contributed by atoms with Crippen molar-refractivity contribution in [1.82, 2.24) is 9.88 Å². The number of aryl methyl sites for hydroxylation is 1. The first-order valence-electron chi connectivity index (χ1n) is 10.7. The van der Waals surface area contributed by atoms with E-state index in [2.05, 4.69) is 62.0 Å². The number of thiophene rings is 1. The Morgan fingerprint density at radius 2 is 1.90 bits per heavy atom. The molecule has 0 saturated heterocycles. The van der Waals surface area contributed by atoms with Gasteiger partial charge in [0.1, 0.15) is 5.82 Å². The zero-order chi connectivity index (χ0) is 21.0. The van der Waals surface area contributed by atoms with Crippen molar-refractivity contribution in [3.63, 3.8) is 0 Å². The second-order valence-electron chi connectivity index (χ2n) is 8.84. The van der Waals surface area contributed by atoms with Crippen LogP contribution in [0.2, 0.25) is 0 Å². The van der Waals surface area contributed by atoms with E-state index in [9.17, 15) is 0 Å². The van der Waals surface area contributed by atoms with E-state index < -0.39 is 0 Å². The minimum Gasteiger partial charge on any atom is -0.383 e. The Bertz CT molecular complexity index is 958. The Morgan fingerprint density at radius 1 is 1.10 bits per heavy atom. The highest BCUT2D eigenvalue weighted by molar-refractivity contribution is 7.20. The number of nitrogens with zero attached hydrogens (tertiary/aromatic N) is 2. The molecule has 0 unspecified atom stereocenters. The lowest BCUT2D eigenvalue weighted by atomic mass is 10.0. The Kier molecular flexibility index (Phi) is 7.14. The lowest BCUT2D eigenvalue weighted by molar-refractivity contribution is 0.136. The van der Waals surface area contributed by atoms with Gasteiger partial charge in [-0.25, -0.2) is 4.98 Å². The molecule has 0 aliphatic heterocycles. The van der Waals surface area contributed by atoms with Gasteiger partial charge in [-0.1, -0.05) is 18.6 Å². The maximum atomic E-state index is 6.27. The molecule has 4 nitrogen and oxygen atoms in total. The third kappa shape index (κ3) is 5.47. The predicted octanol–water partition coefficient (Wildman–Crippen LogP) is 6.01. The van der Waals surface area contributed by atoms with Crippen LogP contribution in [0.25, 0.3) is 21.0 Å². The lowest BCUT2D eigenvalue weighted by Crippen LogP contribution is -2.38. The van der Waals surface area contributed by atoms with Crippen LogP contribution < -0.4 is 5.73 Å². The van der Waals surface area contributed by atoms with E-state index in [-0.39, 0.29) is 5.54 Å². The highest BCUT2D eigenvalue weighted by Crippen LogP contribution is 2.35. The number of rotatable bonds is 9. The number of pyridine rings is 1. The molecule has 3 rings (SSSR count). The van der Waals surface area contributed by atoms with Crippen LogP contribution in [0.15, 0.2) is 24.3 Å². The molecular weight excluding hydrogens is 378 g/mol. The number of fused-ring (bicyclic) bond motifs is 3. The molecule has 0 spiro atoms. The lowest BCUT2D eigenvalue weighted by Gasteiger charge is -2.31. The SMILES string of the molecule is CCOCc1cc2c(N)nc3cc(CCCCCN(C)C(C)(C)C)ccc3c2s1. The van der Waals surface area contributed by atoms with Crippen LogP contribution in [0.3, 0.4) is 0 Å². The summed E-state index contributed by atoms with van der Waals surface area (Å²) in [5.74, 6) is 0.619. The first-order valence-corrected chi connectivity index (χ1v) is 11.5. The Balaban J connectivity index is 1.66. The number of nitrogen functional groups attached to an aromatic ring is 1.